The van der Waals surface area contributed by atoms with Crippen molar-refractivity contribution in [1.82, 2.24) is 4.90 Å². The van der Waals surface area contributed by atoms with Crippen LogP contribution in [0.4, 0.5) is 16.2 Å². The van der Waals surface area contributed by atoms with Crippen LogP contribution in [-0.4, -0.2) is 36.0 Å². The Kier molecular flexibility index (Phi) is 3.75. The molecule has 2 aliphatic heterocycles. The summed E-state index contributed by atoms with van der Waals surface area (Å²) in [6.07, 6.45) is 4.07. The van der Waals surface area contributed by atoms with E-state index >= 15 is 0 Å². The lowest BCUT2D eigenvalue weighted by Crippen LogP contribution is -2.41. The fourth-order valence-corrected chi connectivity index (χ4v) is 2.69. The van der Waals surface area contributed by atoms with Crippen LogP contribution in [0.1, 0.15) is 13.8 Å². The van der Waals surface area contributed by atoms with E-state index in [0.717, 1.165) is 0 Å². The van der Waals surface area contributed by atoms with Crippen LogP contribution in [0, 0.1) is 5.92 Å². The van der Waals surface area contributed by atoms with Gasteiger partial charge in [0, 0.05) is 18.3 Å². The van der Waals surface area contributed by atoms with Gasteiger partial charge in [-0.1, -0.05) is 26.0 Å². The second kappa shape index (κ2) is 5.71. The number of hydrogen-bond donors (Lipinski definition) is 2. The van der Waals surface area contributed by atoms with E-state index in [0.29, 0.717) is 29.6 Å². The van der Waals surface area contributed by atoms with Gasteiger partial charge in [0.2, 0.25) is 0 Å². The number of benzene rings is 1. The zero-order valence-corrected chi connectivity index (χ0v) is 12.6. The molecule has 6 heteroatoms. The summed E-state index contributed by atoms with van der Waals surface area (Å²) in [6, 6.07) is 5.18. The van der Waals surface area contributed by atoms with Gasteiger partial charge >= 0.3 is 6.03 Å². The van der Waals surface area contributed by atoms with E-state index in [1.54, 1.807) is 23.1 Å². The third-order valence-electron chi connectivity index (χ3n) is 3.80. The molecule has 0 aliphatic carbocycles. The molecule has 1 aromatic carbocycles. The van der Waals surface area contributed by atoms with Crippen LogP contribution < -0.4 is 15.4 Å². The van der Waals surface area contributed by atoms with Crippen molar-refractivity contribution in [3.05, 3.63) is 30.4 Å². The fraction of sp³-hybridized carbons (Fsp3) is 0.375. The first-order chi connectivity index (χ1) is 10.5. The highest BCUT2D eigenvalue weighted by Gasteiger charge is 2.27. The Morgan fingerprint density at radius 2 is 2.27 bits per heavy atom. The Balaban J connectivity index is 1.71. The molecule has 0 bridgehead atoms. The molecule has 0 aromatic heterocycles. The number of nitrogens with one attached hydrogen (secondary N) is 2. The number of urea groups is 1. The predicted molar refractivity (Wildman–Crippen MR) is 84.1 cm³/mol. The number of hydrogen-bond acceptors (Lipinski definition) is 3. The molecule has 0 fully saturated rings. The number of rotatable bonds is 2. The van der Waals surface area contributed by atoms with Gasteiger partial charge in [0.05, 0.1) is 11.7 Å². The van der Waals surface area contributed by atoms with Crippen LogP contribution in [0.15, 0.2) is 30.4 Å². The van der Waals surface area contributed by atoms with Crippen molar-refractivity contribution in [3.63, 3.8) is 0 Å². The van der Waals surface area contributed by atoms with Gasteiger partial charge < -0.3 is 20.3 Å². The highest BCUT2D eigenvalue weighted by atomic mass is 16.5. The molecule has 3 amide bonds. The van der Waals surface area contributed by atoms with Crippen molar-refractivity contribution in [2.24, 2.45) is 5.92 Å². The first kappa shape index (κ1) is 14.4. The second-order valence-corrected chi connectivity index (χ2v) is 5.79. The minimum atomic E-state index is -0.174. The molecule has 0 saturated carbocycles. The molecule has 0 radical (unpaired) electrons. The summed E-state index contributed by atoms with van der Waals surface area (Å²) < 4.78 is 5.35. The number of nitrogens with zero attached hydrogens (tertiary/aromatic N) is 1. The number of anilines is 2. The van der Waals surface area contributed by atoms with Crippen molar-refractivity contribution in [1.29, 1.82) is 0 Å². The Hall–Kier alpha value is -2.50. The van der Waals surface area contributed by atoms with E-state index in [9.17, 15) is 9.59 Å². The minimum absolute atomic E-state index is 0.00410. The Bertz CT molecular complexity index is 640. The predicted octanol–water partition coefficient (Wildman–Crippen LogP) is 2.45. The summed E-state index contributed by atoms with van der Waals surface area (Å²) in [5.74, 6) is 0.760. The van der Waals surface area contributed by atoms with Gasteiger partial charge in [-0.2, -0.15) is 0 Å². The van der Waals surface area contributed by atoms with Gasteiger partial charge in [-0.05, 0) is 18.1 Å². The number of carbonyl (C=O) groups is 2. The van der Waals surface area contributed by atoms with Gasteiger partial charge in [-0.15, -0.1) is 0 Å². The largest absolute Gasteiger partial charge is 0.482 e. The van der Waals surface area contributed by atoms with Gasteiger partial charge in [-0.3, -0.25) is 4.79 Å². The monoisotopic (exact) mass is 301 g/mol. The van der Waals surface area contributed by atoms with E-state index < -0.39 is 0 Å². The van der Waals surface area contributed by atoms with Crippen LogP contribution in [0.2, 0.25) is 0 Å². The summed E-state index contributed by atoms with van der Waals surface area (Å²) in [4.78, 5) is 25.5. The van der Waals surface area contributed by atoms with E-state index in [4.69, 9.17) is 4.74 Å². The van der Waals surface area contributed by atoms with Crippen LogP contribution in [0.3, 0.4) is 0 Å². The molecule has 1 aromatic rings. The van der Waals surface area contributed by atoms with Gasteiger partial charge in [0.25, 0.3) is 5.91 Å². The molecule has 0 saturated heterocycles. The standard InChI is InChI=1S/C16H19N3O3/c1-10(2)13-4-3-7-19(13)16(21)17-11-5-6-12-14(8-11)22-9-15(20)18-12/h3-6,8,10,13H,7,9H2,1-2H3,(H,17,21)(H,18,20)/t13-/m1/s1. The van der Waals surface area contributed by atoms with E-state index in [1.165, 1.54) is 0 Å². The Labute approximate surface area is 129 Å². The van der Waals surface area contributed by atoms with Crippen molar-refractivity contribution in [2.75, 3.05) is 23.8 Å². The number of amides is 3. The summed E-state index contributed by atoms with van der Waals surface area (Å²) in [5, 5.41) is 5.60. The normalized spacial score (nSPS) is 19.7. The SMILES string of the molecule is CC(C)[C@H]1C=CCN1C(=O)Nc1ccc2c(c1)OCC(=O)N2. The van der Waals surface area contributed by atoms with Gasteiger partial charge in [0.1, 0.15) is 5.75 Å². The van der Waals surface area contributed by atoms with Crippen molar-refractivity contribution in [3.8, 4) is 5.75 Å². The highest BCUT2D eigenvalue weighted by Crippen LogP contribution is 2.31. The molecule has 3 rings (SSSR count). The summed E-state index contributed by atoms with van der Waals surface area (Å²) >= 11 is 0. The molecule has 2 N–H and O–H groups in total. The lowest BCUT2D eigenvalue weighted by Gasteiger charge is -2.27. The fourth-order valence-electron chi connectivity index (χ4n) is 2.69. The molecule has 0 unspecified atom stereocenters. The summed E-state index contributed by atoms with van der Waals surface area (Å²) in [7, 11) is 0. The maximum atomic E-state index is 12.4. The van der Waals surface area contributed by atoms with Crippen LogP contribution in [-0.2, 0) is 4.79 Å². The van der Waals surface area contributed by atoms with Gasteiger partial charge in [0.15, 0.2) is 6.61 Å². The van der Waals surface area contributed by atoms with E-state index in [2.05, 4.69) is 30.6 Å². The molecule has 116 valence electrons. The zero-order valence-electron chi connectivity index (χ0n) is 12.6. The third-order valence-corrected chi connectivity index (χ3v) is 3.80. The van der Waals surface area contributed by atoms with Crippen molar-refractivity contribution >= 4 is 23.3 Å². The maximum Gasteiger partial charge on any atom is 0.322 e. The Morgan fingerprint density at radius 3 is 3.05 bits per heavy atom. The average molecular weight is 301 g/mol. The smallest absolute Gasteiger partial charge is 0.322 e. The number of ether oxygens (including phenoxy) is 1. The number of fused-ring (bicyclic) bond motifs is 1. The molecule has 2 aliphatic rings. The quantitative estimate of drug-likeness (QED) is 0.824. The van der Waals surface area contributed by atoms with Crippen LogP contribution >= 0.6 is 0 Å². The van der Waals surface area contributed by atoms with Crippen LogP contribution in [0.5, 0.6) is 5.75 Å². The molecular formula is C16H19N3O3. The summed E-state index contributed by atoms with van der Waals surface area (Å²) in [5.41, 5.74) is 1.27. The highest BCUT2D eigenvalue weighted by molar-refractivity contribution is 5.96. The van der Waals surface area contributed by atoms with Crippen molar-refractivity contribution in [2.45, 2.75) is 19.9 Å². The third kappa shape index (κ3) is 2.77. The topological polar surface area (TPSA) is 70.7 Å². The first-order valence-corrected chi connectivity index (χ1v) is 7.35. The lowest BCUT2D eigenvalue weighted by atomic mass is 10.1. The molecule has 6 nitrogen and oxygen atoms in total. The average Bonchev–Trinajstić information content (AvgIpc) is 2.97. The first-order valence-electron chi connectivity index (χ1n) is 7.35. The lowest BCUT2D eigenvalue weighted by molar-refractivity contribution is -0.118. The van der Waals surface area contributed by atoms with Crippen LogP contribution in [0.25, 0.3) is 0 Å². The van der Waals surface area contributed by atoms with Gasteiger partial charge in [-0.25, -0.2) is 4.79 Å². The summed E-state index contributed by atoms with van der Waals surface area (Å²) in [6.45, 7) is 4.80. The maximum absolute atomic E-state index is 12.4. The molecule has 22 heavy (non-hydrogen) atoms. The second-order valence-electron chi connectivity index (χ2n) is 5.79. The van der Waals surface area contributed by atoms with E-state index in [1.807, 2.05) is 6.08 Å². The van der Waals surface area contributed by atoms with E-state index in [-0.39, 0.29) is 24.6 Å². The zero-order chi connectivity index (χ0) is 15.7. The van der Waals surface area contributed by atoms with Crippen molar-refractivity contribution < 1.29 is 14.3 Å². The molecule has 1 atom stereocenters. The minimum Gasteiger partial charge on any atom is -0.482 e. The molecular weight excluding hydrogens is 282 g/mol. The molecule has 0 spiro atoms. The number of carbonyl (C=O) groups excluding carboxylic acids is 2. The Morgan fingerprint density at radius 1 is 1.45 bits per heavy atom. The molecule has 2 heterocycles.